The van der Waals surface area contributed by atoms with Crippen LogP contribution in [0.1, 0.15) is 79.1 Å². The minimum absolute atomic E-state index is 0.0111. The van der Waals surface area contributed by atoms with Crippen molar-refractivity contribution >= 4 is 17.8 Å². The summed E-state index contributed by atoms with van der Waals surface area (Å²) < 4.78 is 11.6. The van der Waals surface area contributed by atoms with Crippen molar-refractivity contribution in [2.45, 2.75) is 90.8 Å². The van der Waals surface area contributed by atoms with Crippen molar-refractivity contribution in [3.63, 3.8) is 0 Å². The van der Waals surface area contributed by atoms with Crippen molar-refractivity contribution in [1.29, 1.82) is 0 Å². The number of rotatable bonds is 6. The zero-order valence-electron chi connectivity index (χ0n) is 17.0. The van der Waals surface area contributed by atoms with E-state index in [1.807, 2.05) is 27.7 Å². The number of amides is 1. The van der Waals surface area contributed by atoms with Crippen LogP contribution < -0.4 is 5.73 Å². The second kappa shape index (κ2) is 6.78. The maximum Gasteiger partial charge on any atom is 0.322 e. The summed E-state index contributed by atoms with van der Waals surface area (Å²) >= 11 is 0. The SMILES string of the molecule is CCC(C)(C)C(=O)OC1CC2CC1CC2(C(N)=O)C(=O)OC1(C)CCCC1. The Kier molecular flexibility index (Phi) is 5.06. The fourth-order valence-electron chi connectivity index (χ4n) is 5.06. The monoisotopic (exact) mass is 379 g/mol. The molecule has 0 heterocycles. The second-order valence-corrected chi connectivity index (χ2v) is 9.70. The molecule has 0 aromatic heterocycles. The van der Waals surface area contributed by atoms with Gasteiger partial charge in [-0.15, -0.1) is 0 Å². The number of fused-ring (bicyclic) bond motifs is 2. The molecule has 27 heavy (non-hydrogen) atoms. The van der Waals surface area contributed by atoms with Crippen LogP contribution in [0.2, 0.25) is 0 Å². The van der Waals surface area contributed by atoms with Crippen molar-refractivity contribution in [2.75, 3.05) is 0 Å². The lowest BCUT2D eigenvalue weighted by Crippen LogP contribution is -2.52. The Morgan fingerprint density at radius 2 is 1.78 bits per heavy atom. The molecule has 1 amide bonds. The molecular formula is C21H33NO5. The molecule has 6 nitrogen and oxygen atoms in total. The second-order valence-electron chi connectivity index (χ2n) is 9.70. The Bertz CT molecular complexity index is 636. The summed E-state index contributed by atoms with van der Waals surface area (Å²) in [5, 5.41) is 0. The van der Waals surface area contributed by atoms with E-state index in [1.165, 1.54) is 0 Å². The van der Waals surface area contributed by atoms with Crippen LogP contribution in [0.3, 0.4) is 0 Å². The summed E-state index contributed by atoms with van der Waals surface area (Å²) in [4.78, 5) is 37.9. The summed E-state index contributed by atoms with van der Waals surface area (Å²) in [6.07, 6.45) is 5.69. The third-order valence-corrected chi connectivity index (χ3v) is 7.41. The Morgan fingerprint density at radius 3 is 2.26 bits per heavy atom. The molecule has 2 bridgehead atoms. The number of esters is 2. The van der Waals surface area contributed by atoms with Crippen molar-refractivity contribution in [2.24, 2.45) is 28.4 Å². The minimum atomic E-state index is -1.26. The van der Waals surface area contributed by atoms with Crippen molar-refractivity contribution < 1.29 is 23.9 Å². The first-order chi connectivity index (χ1) is 12.5. The maximum atomic E-state index is 13.1. The van der Waals surface area contributed by atoms with Gasteiger partial charge in [0.15, 0.2) is 0 Å². The van der Waals surface area contributed by atoms with Gasteiger partial charge in [-0.2, -0.15) is 0 Å². The first-order valence-corrected chi connectivity index (χ1v) is 10.3. The van der Waals surface area contributed by atoms with E-state index in [9.17, 15) is 14.4 Å². The number of primary amides is 1. The lowest BCUT2D eigenvalue weighted by atomic mass is 9.71. The molecule has 6 heteroatoms. The molecule has 4 unspecified atom stereocenters. The molecule has 0 aliphatic heterocycles. The number of hydrogen-bond acceptors (Lipinski definition) is 5. The topological polar surface area (TPSA) is 95.7 Å². The third-order valence-electron chi connectivity index (χ3n) is 7.41. The third kappa shape index (κ3) is 3.36. The van der Waals surface area contributed by atoms with Crippen LogP contribution in [-0.4, -0.2) is 29.6 Å². The highest BCUT2D eigenvalue weighted by molar-refractivity contribution is 6.03. The normalized spacial score (nSPS) is 34.4. The minimum Gasteiger partial charge on any atom is -0.462 e. The number of carbonyl (C=O) groups is 3. The van der Waals surface area contributed by atoms with Crippen LogP contribution in [0.15, 0.2) is 0 Å². The van der Waals surface area contributed by atoms with Gasteiger partial charge in [-0.25, -0.2) is 0 Å². The van der Waals surface area contributed by atoms with Gasteiger partial charge >= 0.3 is 11.9 Å². The van der Waals surface area contributed by atoms with Crippen LogP contribution >= 0.6 is 0 Å². The van der Waals surface area contributed by atoms with E-state index < -0.39 is 28.3 Å². The van der Waals surface area contributed by atoms with Crippen molar-refractivity contribution in [3.05, 3.63) is 0 Å². The molecule has 3 aliphatic carbocycles. The number of carbonyl (C=O) groups excluding carboxylic acids is 3. The molecule has 3 rings (SSSR count). The largest absolute Gasteiger partial charge is 0.462 e. The number of nitrogens with two attached hydrogens (primary N) is 1. The van der Waals surface area contributed by atoms with Gasteiger partial charge in [-0.05, 0) is 84.0 Å². The van der Waals surface area contributed by atoms with Crippen LogP contribution in [0.25, 0.3) is 0 Å². The molecular weight excluding hydrogens is 346 g/mol. The average molecular weight is 379 g/mol. The van der Waals surface area contributed by atoms with Crippen LogP contribution in [0.5, 0.6) is 0 Å². The zero-order valence-corrected chi connectivity index (χ0v) is 17.0. The fourth-order valence-corrected chi connectivity index (χ4v) is 5.06. The Balaban J connectivity index is 1.71. The Hall–Kier alpha value is -1.59. The van der Waals surface area contributed by atoms with Crippen LogP contribution in [0, 0.1) is 22.7 Å². The maximum absolute atomic E-state index is 13.1. The molecule has 152 valence electrons. The first-order valence-electron chi connectivity index (χ1n) is 10.3. The molecule has 2 N–H and O–H groups in total. The lowest BCUT2D eigenvalue weighted by molar-refractivity contribution is -0.179. The fraction of sp³-hybridized carbons (Fsp3) is 0.857. The van der Waals surface area contributed by atoms with Gasteiger partial charge < -0.3 is 15.2 Å². The van der Waals surface area contributed by atoms with E-state index in [2.05, 4.69) is 0 Å². The summed E-state index contributed by atoms with van der Waals surface area (Å²) in [5.41, 5.74) is 3.45. The van der Waals surface area contributed by atoms with E-state index in [0.29, 0.717) is 25.7 Å². The average Bonchev–Trinajstić information content (AvgIpc) is 3.29. The first kappa shape index (κ1) is 20.2. The molecule has 0 spiro atoms. The predicted molar refractivity (Wildman–Crippen MR) is 99.4 cm³/mol. The van der Waals surface area contributed by atoms with Gasteiger partial charge in [-0.3, -0.25) is 14.4 Å². The molecule has 3 fully saturated rings. The predicted octanol–water partition coefficient (Wildman–Crippen LogP) is 3.11. The Morgan fingerprint density at radius 1 is 1.15 bits per heavy atom. The molecule has 3 saturated carbocycles. The molecule has 0 radical (unpaired) electrons. The van der Waals surface area contributed by atoms with Gasteiger partial charge in [0.25, 0.3) is 0 Å². The van der Waals surface area contributed by atoms with Gasteiger partial charge in [0.2, 0.25) is 5.91 Å². The Labute approximate surface area is 161 Å². The molecule has 0 saturated heterocycles. The molecule has 4 atom stereocenters. The summed E-state index contributed by atoms with van der Waals surface area (Å²) in [6, 6.07) is 0. The summed E-state index contributed by atoms with van der Waals surface area (Å²) in [5.74, 6) is -1.50. The van der Waals surface area contributed by atoms with E-state index in [0.717, 1.165) is 25.7 Å². The van der Waals surface area contributed by atoms with Gasteiger partial charge in [-0.1, -0.05) is 6.92 Å². The van der Waals surface area contributed by atoms with Gasteiger partial charge in [0.05, 0.1) is 5.41 Å². The smallest absolute Gasteiger partial charge is 0.322 e. The van der Waals surface area contributed by atoms with E-state index in [-0.39, 0.29) is 23.9 Å². The highest BCUT2D eigenvalue weighted by atomic mass is 16.6. The standard InChI is InChI=1S/C21H33NO5/c1-5-19(2,3)17(24)26-15-11-14-10-13(15)12-21(14,16(22)23)18(25)27-20(4)8-6-7-9-20/h13-15H,5-12H2,1-4H3,(H2,22,23). The van der Waals surface area contributed by atoms with Crippen molar-refractivity contribution in [3.8, 4) is 0 Å². The van der Waals surface area contributed by atoms with Crippen molar-refractivity contribution in [1.82, 2.24) is 0 Å². The van der Waals surface area contributed by atoms with Gasteiger partial charge in [0.1, 0.15) is 17.1 Å². The highest BCUT2D eigenvalue weighted by Crippen LogP contribution is 2.58. The molecule has 0 aromatic carbocycles. The zero-order chi connectivity index (χ0) is 20.0. The van der Waals surface area contributed by atoms with E-state index in [1.54, 1.807) is 0 Å². The van der Waals surface area contributed by atoms with Gasteiger partial charge in [0, 0.05) is 0 Å². The van der Waals surface area contributed by atoms with Crippen LogP contribution in [0.4, 0.5) is 0 Å². The van der Waals surface area contributed by atoms with E-state index in [4.69, 9.17) is 15.2 Å². The van der Waals surface area contributed by atoms with Crippen LogP contribution in [-0.2, 0) is 23.9 Å². The molecule has 0 aromatic rings. The highest BCUT2D eigenvalue weighted by Gasteiger charge is 2.65. The number of hydrogen-bond donors (Lipinski definition) is 1. The quantitative estimate of drug-likeness (QED) is 0.565. The lowest BCUT2D eigenvalue weighted by Gasteiger charge is -2.38. The summed E-state index contributed by atoms with van der Waals surface area (Å²) in [7, 11) is 0. The number of ether oxygens (including phenoxy) is 2. The summed E-state index contributed by atoms with van der Waals surface area (Å²) in [6.45, 7) is 7.64. The van der Waals surface area contributed by atoms with E-state index >= 15 is 0 Å². The molecule has 3 aliphatic rings.